The molecule has 2 rings (SSSR count). The Morgan fingerprint density at radius 3 is 2.68 bits per heavy atom. The summed E-state index contributed by atoms with van der Waals surface area (Å²) in [6.45, 7) is 0.588. The quantitative estimate of drug-likeness (QED) is 0.926. The van der Waals surface area contributed by atoms with Crippen LogP contribution in [0.2, 0.25) is 0 Å². The summed E-state index contributed by atoms with van der Waals surface area (Å²) in [6.07, 6.45) is 0.625. The maximum Gasteiger partial charge on any atom is 0.410 e. The van der Waals surface area contributed by atoms with Crippen LogP contribution in [0.5, 0.6) is 0 Å². The zero-order valence-corrected chi connectivity index (χ0v) is 11.8. The van der Waals surface area contributed by atoms with Crippen molar-refractivity contribution in [3.63, 3.8) is 0 Å². The van der Waals surface area contributed by atoms with Crippen molar-refractivity contribution in [3.05, 3.63) is 34.3 Å². The second-order valence-electron chi connectivity index (χ2n) is 4.37. The number of carboxylic acids is 1. The van der Waals surface area contributed by atoms with Gasteiger partial charge in [0.05, 0.1) is 0 Å². The minimum Gasteiger partial charge on any atom is -0.480 e. The van der Waals surface area contributed by atoms with Gasteiger partial charge in [0, 0.05) is 11.0 Å². The Hall–Kier alpha value is -1.56. The summed E-state index contributed by atoms with van der Waals surface area (Å²) >= 11 is 3.32. The number of rotatable bonds is 3. The Bertz CT molecular complexity index is 474. The van der Waals surface area contributed by atoms with Gasteiger partial charge in [-0.05, 0) is 30.5 Å². The number of benzene rings is 1. The molecule has 0 aromatic heterocycles. The average Bonchev–Trinajstić information content (AvgIpc) is 2.87. The fourth-order valence-corrected chi connectivity index (χ4v) is 2.31. The van der Waals surface area contributed by atoms with Crippen LogP contribution in [-0.2, 0) is 16.1 Å². The molecule has 0 bridgehead atoms. The van der Waals surface area contributed by atoms with Gasteiger partial charge in [0.25, 0.3) is 0 Å². The Balaban J connectivity index is 1.90. The number of carboxylic acid groups (broad SMARTS) is 1. The molecule has 1 atom stereocenters. The second kappa shape index (κ2) is 6.06. The number of hydrogen-bond donors (Lipinski definition) is 1. The maximum atomic E-state index is 11.8. The topological polar surface area (TPSA) is 66.8 Å². The third kappa shape index (κ3) is 3.47. The lowest BCUT2D eigenvalue weighted by molar-refractivity contribution is -0.141. The van der Waals surface area contributed by atoms with E-state index >= 15 is 0 Å². The van der Waals surface area contributed by atoms with E-state index in [9.17, 15) is 9.59 Å². The molecule has 0 saturated carbocycles. The molecule has 0 unspecified atom stereocenters. The van der Waals surface area contributed by atoms with Crippen molar-refractivity contribution in [2.24, 2.45) is 0 Å². The number of hydrogen-bond acceptors (Lipinski definition) is 3. The van der Waals surface area contributed by atoms with E-state index in [-0.39, 0.29) is 6.61 Å². The first-order valence-corrected chi connectivity index (χ1v) is 6.78. The number of nitrogens with zero attached hydrogens (tertiary/aromatic N) is 1. The van der Waals surface area contributed by atoms with E-state index < -0.39 is 18.1 Å². The van der Waals surface area contributed by atoms with Gasteiger partial charge in [-0.3, -0.25) is 4.90 Å². The van der Waals surface area contributed by atoms with Crippen LogP contribution in [0.15, 0.2) is 28.7 Å². The van der Waals surface area contributed by atoms with Gasteiger partial charge in [-0.15, -0.1) is 0 Å². The number of ether oxygens (including phenoxy) is 1. The van der Waals surface area contributed by atoms with Crippen LogP contribution in [0.25, 0.3) is 0 Å². The molecular weight excluding hydrogens is 314 g/mol. The van der Waals surface area contributed by atoms with Crippen LogP contribution in [0.3, 0.4) is 0 Å². The highest BCUT2D eigenvalue weighted by Gasteiger charge is 2.34. The molecule has 0 spiro atoms. The number of carbonyl (C=O) groups excluding carboxylic acids is 1. The van der Waals surface area contributed by atoms with Crippen molar-refractivity contribution in [2.75, 3.05) is 6.54 Å². The van der Waals surface area contributed by atoms with Crippen molar-refractivity contribution in [1.82, 2.24) is 4.90 Å². The summed E-state index contributed by atoms with van der Waals surface area (Å²) in [5.41, 5.74) is 0.864. The molecular formula is C13H14BrNO4. The van der Waals surface area contributed by atoms with Crippen molar-refractivity contribution >= 4 is 28.0 Å². The van der Waals surface area contributed by atoms with E-state index in [2.05, 4.69) is 15.9 Å². The largest absolute Gasteiger partial charge is 0.480 e. The molecule has 19 heavy (non-hydrogen) atoms. The number of likely N-dealkylation sites (tertiary alicyclic amines) is 1. The first kappa shape index (κ1) is 13.9. The smallest absolute Gasteiger partial charge is 0.410 e. The molecule has 1 aliphatic rings. The summed E-state index contributed by atoms with van der Waals surface area (Å²) in [7, 11) is 0. The fraction of sp³-hybridized carbons (Fsp3) is 0.385. The van der Waals surface area contributed by atoms with E-state index in [0.29, 0.717) is 19.4 Å². The first-order chi connectivity index (χ1) is 9.08. The number of halogens is 1. The second-order valence-corrected chi connectivity index (χ2v) is 5.29. The first-order valence-electron chi connectivity index (χ1n) is 5.98. The Morgan fingerprint density at radius 2 is 2.05 bits per heavy atom. The lowest BCUT2D eigenvalue weighted by atomic mass is 10.2. The Kier molecular flexibility index (Phi) is 4.42. The molecule has 1 amide bonds. The third-order valence-electron chi connectivity index (χ3n) is 3.05. The van der Waals surface area contributed by atoms with Crippen LogP contribution >= 0.6 is 15.9 Å². The van der Waals surface area contributed by atoms with Crippen LogP contribution < -0.4 is 0 Å². The van der Waals surface area contributed by atoms with Gasteiger partial charge in [-0.25, -0.2) is 9.59 Å². The molecule has 6 heteroatoms. The van der Waals surface area contributed by atoms with Crippen LogP contribution in [-0.4, -0.2) is 34.7 Å². The van der Waals surface area contributed by atoms with Gasteiger partial charge in [0.1, 0.15) is 12.6 Å². The van der Waals surface area contributed by atoms with Crippen LogP contribution in [0.4, 0.5) is 4.79 Å². The monoisotopic (exact) mass is 327 g/mol. The van der Waals surface area contributed by atoms with E-state index in [1.54, 1.807) is 0 Å². The summed E-state index contributed by atoms with van der Waals surface area (Å²) in [6, 6.07) is 6.65. The van der Waals surface area contributed by atoms with Crippen molar-refractivity contribution in [3.8, 4) is 0 Å². The van der Waals surface area contributed by atoms with Gasteiger partial charge in [0.2, 0.25) is 0 Å². The summed E-state index contributed by atoms with van der Waals surface area (Å²) in [5.74, 6) is -0.974. The van der Waals surface area contributed by atoms with Crippen molar-refractivity contribution < 1.29 is 19.4 Å². The molecule has 1 N–H and O–H groups in total. The van der Waals surface area contributed by atoms with Crippen molar-refractivity contribution in [2.45, 2.75) is 25.5 Å². The molecule has 102 valence electrons. The van der Waals surface area contributed by atoms with E-state index in [4.69, 9.17) is 9.84 Å². The summed E-state index contributed by atoms with van der Waals surface area (Å²) in [4.78, 5) is 24.1. The standard InChI is InChI=1S/C13H14BrNO4/c14-10-5-3-9(4-6-10)8-19-13(18)15-7-1-2-11(15)12(16)17/h3-6,11H,1-2,7-8H2,(H,16,17)/t11-/m0/s1. The number of carbonyl (C=O) groups is 2. The summed E-state index contributed by atoms with van der Waals surface area (Å²) in [5, 5.41) is 8.99. The van der Waals surface area contributed by atoms with Gasteiger partial charge in [-0.2, -0.15) is 0 Å². The lowest BCUT2D eigenvalue weighted by Crippen LogP contribution is -2.40. The van der Waals surface area contributed by atoms with Crippen molar-refractivity contribution in [1.29, 1.82) is 0 Å². The minimum atomic E-state index is -0.974. The van der Waals surface area contributed by atoms with Crippen LogP contribution in [0, 0.1) is 0 Å². The maximum absolute atomic E-state index is 11.8. The Morgan fingerprint density at radius 1 is 1.37 bits per heavy atom. The molecule has 1 aromatic carbocycles. The highest BCUT2D eigenvalue weighted by atomic mass is 79.9. The predicted octanol–water partition coefficient (Wildman–Crippen LogP) is 2.63. The zero-order chi connectivity index (χ0) is 13.8. The highest BCUT2D eigenvalue weighted by Crippen LogP contribution is 2.19. The highest BCUT2D eigenvalue weighted by molar-refractivity contribution is 9.10. The normalized spacial score (nSPS) is 18.4. The van der Waals surface area contributed by atoms with Gasteiger partial charge < -0.3 is 9.84 Å². The molecule has 1 aromatic rings. The van der Waals surface area contributed by atoms with Gasteiger partial charge in [0.15, 0.2) is 0 Å². The number of aliphatic carboxylic acids is 1. The molecule has 1 saturated heterocycles. The fourth-order valence-electron chi connectivity index (χ4n) is 2.05. The predicted molar refractivity (Wildman–Crippen MR) is 71.7 cm³/mol. The molecule has 1 heterocycles. The molecule has 5 nitrogen and oxygen atoms in total. The molecule has 1 aliphatic heterocycles. The molecule has 1 fully saturated rings. The Labute approximate surface area is 119 Å². The van der Waals surface area contributed by atoms with Crippen LogP contribution in [0.1, 0.15) is 18.4 Å². The van der Waals surface area contributed by atoms with E-state index in [0.717, 1.165) is 10.0 Å². The summed E-state index contributed by atoms with van der Waals surface area (Å²) < 4.78 is 6.09. The zero-order valence-electron chi connectivity index (χ0n) is 10.2. The van der Waals surface area contributed by atoms with E-state index in [1.165, 1.54) is 4.90 Å². The van der Waals surface area contributed by atoms with Gasteiger partial charge in [-0.1, -0.05) is 28.1 Å². The average molecular weight is 328 g/mol. The third-order valence-corrected chi connectivity index (χ3v) is 3.58. The molecule has 0 aliphatic carbocycles. The SMILES string of the molecule is O=C(O)[C@@H]1CCCN1C(=O)OCc1ccc(Br)cc1. The van der Waals surface area contributed by atoms with Gasteiger partial charge >= 0.3 is 12.1 Å². The molecule has 0 radical (unpaired) electrons. The minimum absolute atomic E-state index is 0.148. The van der Waals surface area contributed by atoms with E-state index in [1.807, 2.05) is 24.3 Å². The lowest BCUT2D eigenvalue weighted by Gasteiger charge is -2.20. The number of amides is 1.